The van der Waals surface area contributed by atoms with Crippen molar-refractivity contribution in [1.29, 1.82) is 0 Å². The van der Waals surface area contributed by atoms with Gasteiger partial charge in [-0.2, -0.15) is 0 Å². The van der Waals surface area contributed by atoms with Crippen molar-refractivity contribution in [2.75, 3.05) is 4.90 Å². The second-order valence-electron chi connectivity index (χ2n) is 10.9. The number of imide groups is 1. The van der Waals surface area contributed by atoms with Gasteiger partial charge in [-0.05, 0) is 61.4 Å². The van der Waals surface area contributed by atoms with Crippen LogP contribution in [0.3, 0.4) is 0 Å². The van der Waals surface area contributed by atoms with Crippen LogP contribution in [0.25, 0.3) is 6.08 Å². The zero-order valence-electron chi connectivity index (χ0n) is 22.2. The fourth-order valence-electron chi connectivity index (χ4n) is 6.89. The Kier molecular flexibility index (Phi) is 6.14. The van der Waals surface area contributed by atoms with E-state index in [9.17, 15) is 24.3 Å². The zero-order chi connectivity index (χ0) is 28.3. The van der Waals surface area contributed by atoms with Crippen LogP contribution in [0.4, 0.5) is 5.69 Å². The number of aromatic hydroxyl groups is 1. The Hall–Kier alpha value is -4.58. The van der Waals surface area contributed by atoms with E-state index in [1.54, 1.807) is 43.3 Å². The number of rotatable bonds is 5. The molecule has 1 aliphatic heterocycles. The molecule has 0 bridgehead atoms. The van der Waals surface area contributed by atoms with Gasteiger partial charge < -0.3 is 5.11 Å². The number of benzene rings is 2. The normalized spacial score (nSPS) is 25.7. The lowest BCUT2D eigenvalue weighted by Crippen LogP contribution is -2.39. The summed E-state index contributed by atoms with van der Waals surface area (Å²) >= 11 is 0. The molecule has 2 amide bonds. The largest absolute Gasteiger partial charge is 0.507 e. The number of Topliss-reactive ketones (excluding diaryl/α,β-unsaturated/α-hetero) is 1. The van der Waals surface area contributed by atoms with Crippen molar-refractivity contribution in [2.24, 2.45) is 17.8 Å². The number of carbonyl (C=O) groups excluding carboxylic acids is 4. The van der Waals surface area contributed by atoms with Crippen LogP contribution in [0.15, 0.2) is 96.1 Å². The molecule has 4 aliphatic rings. The Morgan fingerprint density at radius 3 is 2.45 bits per heavy atom. The van der Waals surface area contributed by atoms with Crippen LogP contribution in [0.1, 0.15) is 42.4 Å². The Morgan fingerprint density at radius 2 is 1.75 bits per heavy atom. The maximum absolute atomic E-state index is 14.0. The Balaban J connectivity index is 1.49. The first-order chi connectivity index (χ1) is 19.3. The highest BCUT2D eigenvalue weighted by atomic mass is 16.3. The number of para-hydroxylation sites is 1. The maximum Gasteiger partial charge on any atom is 0.238 e. The molecule has 2 aromatic rings. The number of anilines is 1. The molecule has 40 heavy (non-hydrogen) atoms. The van der Waals surface area contributed by atoms with Crippen LogP contribution < -0.4 is 4.90 Å². The van der Waals surface area contributed by atoms with Gasteiger partial charge in [0.1, 0.15) is 5.75 Å². The van der Waals surface area contributed by atoms with Gasteiger partial charge in [-0.15, -0.1) is 6.58 Å². The van der Waals surface area contributed by atoms with Gasteiger partial charge in [0.05, 0.1) is 17.5 Å². The third-order valence-corrected chi connectivity index (χ3v) is 8.78. The van der Waals surface area contributed by atoms with E-state index in [1.807, 2.05) is 24.3 Å². The van der Waals surface area contributed by atoms with E-state index in [0.717, 1.165) is 11.1 Å². The molecular weight excluding hydrogens is 502 g/mol. The van der Waals surface area contributed by atoms with Crippen molar-refractivity contribution < 1.29 is 24.3 Å². The summed E-state index contributed by atoms with van der Waals surface area (Å²) in [6.07, 6.45) is 7.67. The van der Waals surface area contributed by atoms with Crippen LogP contribution in [0.2, 0.25) is 0 Å². The van der Waals surface area contributed by atoms with Crippen molar-refractivity contribution in [3.05, 3.63) is 113 Å². The summed E-state index contributed by atoms with van der Waals surface area (Å²) in [6, 6.07) is 12.5. The van der Waals surface area contributed by atoms with Crippen LogP contribution in [0.5, 0.6) is 5.75 Å². The fraction of sp³-hybridized carbons (Fsp3) is 0.235. The van der Waals surface area contributed by atoms with E-state index in [-0.39, 0.29) is 35.6 Å². The van der Waals surface area contributed by atoms with Gasteiger partial charge >= 0.3 is 0 Å². The lowest BCUT2D eigenvalue weighted by Gasteiger charge is -2.42. The van der Waals surface area contributed by atoms with E-state index >= 15 is 0 Å². The molecule has 0 spiro atoms. The van der Waals surface area contributed by atoms with Crippen molar-refractivity contribution in [1.82, 2.24) is 0 Å². The number of ketones is 2. The van der Waals surface area contributed by atoms with Gasteiger partial charge in [-0.1, -0.05) is 60.7 Å². The molecule has 0 radical (unpaired) electrons. The molecule has 6 nitrogen and oxygen atoms in total. The minimum atomic E-state index is -0.691. The molecule has 4 atom stereocenters. The van der Waals surface area contributed by atoms with Crippen molar-refractivity contribution in [2.45, 2.75) is 32.1 Å². The Labute approximate surface area is 232 Å². The fourth-order valence-corrected chi connectivity index (χ4v) is 6.89. The number of carbonyl (C=O) groups is 4. The second kappa shape index (κ2) is 9.56. The van der Waals surface area contributed by atoms with Gasteiger partial charge in [0, 0.05) is 28.2 Å². The smallest absolute Gasteiger partial charge is 0.238 e. The molecule has 1 fully saturated rings. The first kappa shape index (κ1) is 25.7. The second-order valence-corrected chi connectivity index (χ2v) is 10.9. The molecule has 0 aromatic heterocycles. The molecule has 4 unspecified atom stereocenters. The maximum atomic E-state index is 14.0. The molecule has 1 saturated heterocycles. The van der Waals surface area contributed by atoms with Gasteiger partial charge in [0.15, 0.2) is 11.6 Å². The number of hydrogen-bond acceptors (Lipinski definition) is 5. The van der Waals surface area contributed by atoms with Gasteiger partial charge in [-0.3, -0.25) is 24.1 Å². The SMILES string of the molecule is C=CCc1cccc(C2C3=CCC4C(=O)N(c5ccc(C=C)cc5)C(=O)C4C3CC3=C2C(=O)C(C)=CC3=O)c1O. The number of amides is 2. The molecular formula is C34H29NO5. The van der Waals surface area contributed by atoms with Crippen molar-refractivity contribution >= 4 is 35.1 Å². The minimum absolute atomic E-state index is 0.0492. The zero-order valence-corrected chi connectivity index (χ0v) is 22.2. The number of hydrogen-bond donors (Lipinski definition) is 1. The predicted molar refractivity (Wildman–Crippen MR) is 152 cm³/mol. The van der Waals surface area contributed by atoms with E-state index in [1.165, 1.54) is 11.0 Å². The minimum Gasteiger partial charge on any atom is -0.507 e. The van der Waals surface area contributed by atoms with Gasteiger partial charge in [0.2, 0.25) is 11.8 Å². The van der Waals surface area contributed by atoms with Crippen LogP contribution in [-0.2, 0) is 25.6 Å². The third kappa shape index (κ3) is 3.70. The van der Waals surface area contributed by atoms with Gasteiger partial charge in [-0.25, -0.2) is 0 Å². The monoisotopic (exact) mass is 531 g/mol. The van der Waals surface area contributed by atoms with Crippen molar-refractivity contribution in [3.63, 3.8) is 0 Å². The summed E-state index contributed by atoms with van der Waals surface area (Å²) in [7, 11) is 0. The van der Waals surface area contributed by atoms with E-state index < -0.39 is 23.7 Å². The predicted octanol–water partition coefficient (Wildman–Crippen LogP) is 5.40. The van der Waals surface area contributed by atoms with E-state index in [0.29, 0.717) is 46.4 Å². The summed E-state index contributed by atoms with van der Waals surface area (Å²) in [5.74, 6) is -3.37. The molecule has 6 rings (SSSR count). The highest BCUT2D eigenvalue weighted by Gasteiger charge is 2.56. The molecule has 200 valence electrons. The third-order valence-electron chi connectivity index (χ3n) is 8.78. The van der Waals surface area contributed by atoms with Crippen LogP contribution in [-0.4, -0.2) is 28.5 Å². The van der Waals surface area contributed by atoms with Gasteiger partial charge in [0.25, 0.3) is 0 Å². The number of fused-ring (bicyclic) bond motifs is 3. The summed E-state index contributed by atoms with van der Waals surface area (Å²) in [6.45, 7) is 9.16. The summed E-state index contributed by atoms with van der Waals surface area (Å²) < 4.78 is 0. The van der Waals surface area contributed by atoms with E-state index in [2.05, 4.69) is 13.2 Å². The van der Waals surface area contributed by atoms with Crippen LogP contribution in [0, 0.1) is 17.8 Å². The topological polar surface area (TPSA) is 91.8 Å². The molecule has 3 aliphatic carbocycles. The summed E-state index contributed by atoms with van der Waals surface area (Å²) in [5.41, 5.74) is 4.45. The lowest BCUT2D eigenvalue weighted by molar-refractivity contribution is -0.123. The molecule has 1 heterocycles. The highest BCUT2D eigenvalue weighted by molar-refractivity contribution is 6.25. The Bertz CT molecular complexity index is 1620. The average molecular weight is 532 g/mol. The number of phenolic OH excluding ortho intramolecular Hbond substituents is 1. The molecule has 6 heteroatoms. The first-order valence-electron chi connectivity index (χ1n) is 13.5. The number of allylic oxidation sites excluding steroid dienone is 7. The first-order valence-corrected chi connectivity index (χ1v) is 13.5. The highest BCUT2D eigenvalue weighted by Crippen LogP contribution is 2.56. The van der Waals surface area contributed by atoms with Crippen LogP contribution >= 0.6 is 0 Å². The summed E-state index contributed by atoms with van der Waals surface area (Å²) in [5, 5.41) is 11.3. The molecule has 0 saturated carbocycles. The Morgan fingerprint density at radius 1 is 1.00 bits per heavy atom. The quantitative estimate of drug-likeness (QED) is 0.317. The van der Waals surface area contributed by atoms with E-state index in [4.69, 9.17) is 0 Å². The van der Waals surface area contributed by atoms with Crippen molar-refractivity contribution in [3.8, 4) is 5.75 Å². The standard InChI is InChI=1S/C34H29NO5/c1-4-7-20-8-6-9-23(32(20)38)28-22-14-15-24-29(25(22)17-26-27(36)16-18(3)31(37)30(26)28)34(40)35(33(24)39)21-12-10-19(5-2)11-13-21/h4-6,8-14,16,24-25,28-29,38H,1-2,7,15,17H2,3H3. The lowest BCUT2D eigenvalue weighted by atomic mass is 9.59. The summed E-state index contributed by atoms with van der Waals surface area (Å²) in [4.78, 5) is 55.8. The molecule has 1 N–H and O–H groups in total. The number of nitrogens with zero attached hydrogens (tertiary/aromatic N) is 1. The average Bonchev–Trinajstić information content (AvgIpc) is 3.21. The molecule has 2 aromatic carbocycles. The number of phenols is 1.